The van der Waals surface area contributed by atoms with Gasteiger partial charge in [-0.25, -0.2) is 13.7 Å². The molecule has 1 aliphatic rings. The highest BCUT2D eigenvalue weighted by Gasteiger charge is 2.31. The molecular weight excluding hydrogens is 527 g/mol. The van der Waals surface area contributed by atoms with Gasteiger partial charge < -0.3 is 15.4 Å². The van der Waals surface area contributed by atoms with Crippen molar-refractivity contribution < 1.29 is 35.9 Å². The first-order chi connectivity index (χ1) is 18.2. The summed E-state index contributed by atoms with van der Waals surface area (Å²) in [7, 11) is 0. The molecule has 11 heteroatoms. The Bertz CT molecular complexity index is 1160. The molecule has 0 saturated heterocycles. The Morgan fingerprint density at radius 3 is 2.03 bits per heavy atom. The molecule has 0 amide bonds. The van der Waals surface area contributed by atoms with Crippen molar-refractivity contribution in [2.45, 2.75) is 49.4 Å². The number of alkyl halides is 3. The molecule has 0 radical (unpaired) electrons. The monoisotopic (exact) mass is 554 g/mol. The molecule has 0 aromatic heterocycles. The SMILES string of the molecule is NCCCC[C@H](COOSc1ccc(OC(F)(F)F)cc1)N1c2ccc(F)cc2CCc2cc(F)ccc21. The van der Waals surface area contributed by atoms with Gasteiger partial charge in [-0.05, 0) is 104 Å². The molecule has 5 nitrogen and oxygen atoms in total. The highest BCUT2D eigenvalue weighted by atomic mass is 32.2. The van der Waals surface area contributed by atoms with Crippen molar-refractivity contribution >= 4 is 23.4 Å². The molecule has 3 aromatic carbocycles. The maximum Gasteiger partial charge on any atom is 0.573 e. The largest absolute Gasteiger partial charge is 0.573 e. The number of halogens is 5. The number of fused-ring (bicyclic) bond motifs is 2. The second kappa shape index (κ2) is 12.8. The Morgan fingerprint density at radius 2 is 1.47 bits per heavy atom. The van der Waals surface area contributed by atoms with Crippen LogP contribution in [0.1, 0.15) is 30.4 Å². The van der Waals surface area contributed by atoms with Gasteiger partial charge >= 0.3 is 6.36 Å². The van der Waals surface area contributed by atoms with Gasteiger partial charge in [-0.3, -0.25) is 0 Å². The number of hydrogen-bond acceptors (Lipinski definition) is 6. The van der Waals surface area contributed by atoms with E-state index in [-0.39, 0.29) is 30.0 Å². The fraction of sp³-hybridized carbons (Fsp3) is 0.333. The third-order valence-electron chi connectivity index (χ3n) is 6.12. The number of nitrogens with two attached hydrogens (primary N) is 1. The average molecular weight is 555 g/mol. The zero-order valence-electron chi connectivity index (χ0n) is 20.3. The van der Waals surface area contributed by atoms with E-state index in [1.807, 2.05) is 4.90 Å². The highest BCUT2D eigenvalue weighted by molar-refractivity contribution is 7.94. The van der Waals surface area contributed by atoms with Crippen LogP contribution < -0.4 is 15.4 Å². The molecule has 1 heterocycles. The van der Waals surface area contributed by atoms with E-state index >= 15 is 0 Å². The van der Waals surface area contributed by atoms with Crippen molar-refractivity contribution in [2.75, 3.05) is 18.1 Å². The van der Waals surface area contributed by atoms with Crippen molar-refractivity contribution in [1.82, 2.24) is 0 Å². The third-order valence-corrected chi connectivity index (χ3v) is 6.75. The summed E-state index contributed by atoms with van der Waals surface area (Å²) >= 11 is 0.847. The van der Waals surface area contributed by atoms with Crippen LogP contribution in [0.25, 0.3) is 0 Å². The maximum absolute atomic E-state index is 14.1. The summed E-state index contributed by atoms with van der Waals surface area (Å²) < 4.78 is 74.5. The van der Waals surface area contributed by atoms with Crippen LogP contribution in [0, 0.1) is 11.6 Å². The van der Waals surface area contributed by atoms with Crippen LogP contribution in [0.5, 0.6) is 5.75 Å². The molecule has 0 fully saturated rings. The van der Waals surface area contributed by atoms with E-state index in [4.69, 9.17) is 15.0 Å². The van der Waals surface area contributed by atoms with E-state index in [1.54, 1.807) is 12.1 Å². The molecular formula is C27H27F5N2O3S. The number of ether oxygens (including phenoxy) is 1. The lowest BCUT2D eigenvalue weighted by atomic mass is 10.0. The van der Waals surface area contributed by atoms with E-state index in [9.17, 15) is 22.0 Å². The number of nitrogens with zero attached hydrogens (tertiary/aromatic N) is 1. The predicted octanol–water partition coefficient (Wildman–Crippen LogP) is 7.25. The first-order valence-corrected chi connectivity index (χ1v) is 12.9. The number of hydrogen-bond donors (Lipinski definition) is 1. The van der Waals surface area contributed by atoms with Gasteiger partial charge in [0.05, 0.1) is 18.1 Å². The van der Waals surface area contributed by atoms with E-state index in [0.717, 1.165) is 47.4 Å². The number of benzene rings is 3. The standard InChI is InChI=1S/C27H27F5N2O3S/c28-20-6-12-25-18(15-20)4-5-19-16-21(29)7-13-26(19)34(25)22(3-1-2-14-33)17-35-37-38-24-10-8-23(9-11-24)36-27(30,31)32/h6-13,15-16,22H,1-5,14,17,33H2/t22-/m1/s1. The molecule has 0 bridgehead atoms. The smallest absolute Gasteiger partial charge is 0.406 e. The van der Waals surface area contributed by atoms with Gasteiger partial charge in [-0.1, -0.05) is 6.42 Å². The minimum Gasteiger partial charge on any atom is -0.406 e. The average Bonchev–Trinajstić information content (AvgIpc) is 3.02. The Labute approximate surface area is 221 Å². The number of anilines is 2. The molecule has 3 aromatic rings. The minimum absolute atomic E-state index is 0.112. The van der Waals surface area contributed by atoms with Gasteiger partial charge in [0.1, 0.15) is 24.0 Å². The molecule has 4 rings (SSSR count). The number of unbranched alkanes of at least 4 members (excludes halogenated alkanes) is 1. The summed E-state index contributed by atoms with van der Waals surface area (Å²) in [6, 6.07) is 14.2. The highest BCUT2D eigenvalue weighted by Crippen LogP contribution is 2.39. The summed E-state index contributed by atoms with van der Waals surface area (Å²) in [5, 5.41) is 0. The van der Waals surface area contributed by atoms with Crippen LogP contribution >= 0.6 is 12.0 Å². The second-order valence-electron chi connectivity index (χ2n) is 8.81. The van der Waals surface area contributed by atoms with Gasteiger partial charge in [0, 0.05) is 16.3 Å². The van der Waals surface area contributed by atoms with E-state index < -0.39 is 6.36 Å². The summed E-state index contributed by atoms with van der Waals surface area (Å²) in [6.45, 7) is 0.637. The molecule has 0 unspecified atom stereocenters. The zero-order chi connectivity index (χ0) is 27.1. The maximum atomic E-state index is 14.1. The lowest BCUT2D eigenvalue weighted by molar-refractivity contribution is -0.274. The van der Waals surface area contributed by atoms with Crippen LogP contribution in [0.4, 0.5) is 33.3 Å². The van der Waals surface area contributed by atoms with Crippen molar-refractivity contribution in [3.63, 3.8) is 0 Å². The van der Waals surface area contributed by atoms with Crippen molar-refractivity contribution in [2.24, 2.45) is 5.73 Å². The van der Waals surface area contributed by atoms with Crippen molar-refractivity contribution in [3.05, 3.63) is 83.4 Å². The van der Waals surface area contributed by atoms with Gasteiger partial charge in [0.2, 0.25) is 0 Å². The van der Waals surface area contributed by atoms with Crippen molar-refractivity contribution in [1.29, 1.82) is 0 Å². The summed E-state index contributed by atoms with van der Waals surface area (Å²) in [6.07, 6.45) is -1.41. The summed E-state index contributed by atoms with van der Waals surface area (Å²) in [4.78, 5) is 8.10. The summed E-state index contributed by atoms with van der Waals surface area (Å²) in [5.74, 6) is -1.03. The topological polar surface area (TPSA) is 57.0 Å². The second-order valence-corrected chi connectivity index (χ2v) is 9.58. The van der Waals surface area contributed by atoms with E-state index in [0.29, 0.717) is 30.7 Å². The quantitative estimate of drug-likeness (QED) is 0.0886. The van der Waals surface area contributed by atoms with Gasteiger partial charge in [0.25, 0.3) is 0 Å². The summed E-state index contributed by atoms with van der Waals surface area (Å²) in [5.41, 5.74) is 8.94. The third kappa shape index (κ3) is 7.59. The van der Waals surface area contributed by atoms with Crippen LogP contribution in [-0.2, 0) is 22.1 Å². The lowest BCUT2D eigenvalue weighted by Crippen LogP contribution is -2.36. The first-order valence-electron chi connectivity index (χ1n) is 12.1. The fourth-order valence-corrected chi connectivity index (χ4v) is 4.88. The Kier molecular flexibility index (Phi) is 9.48. The predicted molar refractivity (Wildman–Crippen MR) is 135 cm³/mol. The number of aryl methyl sites for hydroxylation is 2. The van der Waals surface area contributed by atoms with Gasteiger partial charge in [-0.2, -0.15) is 4.33 Å². The van der Waals surface area contributed by atoms with Crippen LogP contribution in [0.2, 0.25) is 0 Å². The van der Waals surface area contributed by atoms with Crippen LogP contribution in [0.15, 0.2) is 65.6 Å². The van der Waals surface area contributed by atoms with Crippen molar-refractivity contribution in [3.8, 4) is 5.75 Å². The first kappa shape index (κ1) is 28.2. The van der Waals surface area contributed by atoms with E-state index in [2.05, 4.69) is 4.74 Å². The normalized spacial score (nSPS) is 14.0. The fourth-order valence-electron chi connectivity index (χ4n) is 4.45. The van der Waals surface area contributed by atoms with Crippen LogP contribution in [-0.4, -0.2) is 25.6 Å². The molecule has 204 valence electrons. The number of rotatable bonds is 11. The zero-order valence-corrected chi connectivity index (χ0v) is 21.2. The minimum atomic E-state index is -4.77. The molecule has 2 N–H and O–H groups in total. The van der Waals surface area contributed by atoms with Crippen LogP contribution in [0.3, 0.4) is 0 Å². The molecule has 0 spiro atoms. The molecule has 1 atom stereocenters. The Morgan fingerprint density at radius 1 is 0.868 bits per heavy atom. The van der Waals surface area contributed by atoms with Gasteiger partial charge in [0.15, 0.2) is 0 Å². The molecule has 0 saturated carbocycles. The Hall–Kier alpha value is -2.86. The van der Waals surface area contributed by atoms with Gasteiger partial charge in [-0.15, -0.1) is 13.2 Å². The van der Waals surface area contributed by atoms with E-state index in [1.165, 1.54) is 48.5 Å². The molecule has 0 aliphatic carbocycles. The lowest BCUT2D eigenvalue weighted by Gasteiger charge is -2.35. The molecule has 38 heavy (non-hydrogen) atoms. The Balaban J connectivity index is 1.51. The molecule has 1 aliphatic heterocycles.